The number of hydrogen-bond acceptors (Lipinski definition) is 5. The predicted octanol–water partition coefficient (Wildman–Crippen LogP) is -0.0152. The number of methoxy groups -OCH3 is 1. The normalized spacial score (nSPS) is 10.9. The van der Waals surface area contributed by atoms with Crippen LogP contribution in [0.1, 0.15) is 12.6 Å². The smallest absolute Gasteiger partial charge is 0.422 e. The first kappa shape index (κ1) is 12.3. The Hall–Kier alpha value is -1.77. The number of aromatic nitrogens is 2. The average Bonchev–Trinajstić information content (AvgIpc) is 2.63. The molecule has 0 fully saturated rings. The Morgan fingerprint density at radius 1 is 1.62 bits per heavy atom. The maximum absolute atomic E-state index is 11.3. The number of amides is 1. The zero-order valence-corrected chi connectivity index (χ0v) is 9.59. The van der Waals surface area contributed by atoms with Crippen LogP contribution in [0.5, 0.6) is 0 Å². The van der Waals surface area contributed by atoms with E-state index in [1.807, 2.05) is 6.92 Å². The number of hydrogen-bond donors (Lipinski definition) is 3. The van der Waals surface area contributed by atoms with Crippen molar-refractivity contribution in [3.63, 3.8) is 0 Å². The van der Waals surface area contributed by atoms with Gasteiger partial charge in [-0.15, -0.1) is 0 Å². The largest absolute Gasteiger partial charge is 0.452 e. The van der Waals surface area contributed by atoms with Gasteiger partial charge in [-0.2, -0.15) is 13.5 Å². The van der Waals surface area contributed by atoms with Crippen LogP contribution in [0.25, 0.3) is 0 Å². The highest BCUT2D eigenvalue weighted by atomic mass is 32.2. The Morgan fingerprint density at radius 3 is 2.81 bits per heavy atom. The van der Waals surface area contributed by atoms with Gasteiger partial charge in [-0.25, -0.2) is 14.2 Å². The molecule has 1 rings (SSSR count). The number of carbonyl (C=O) groups is 1. The second-order valence-electron chi connectivity index (χ2n) is 2.83. The molecule has 0 atom stereocenters. The lowest BCUT2D eigenvalue weighted by Gasteiger charge is -2.05. The summed E-state index contributed by atoms with van der Waals surface area (Å²) in [4.78, 5) is 10.7. The van der Waals surface area contributed by atoms with E-state index in [-0.39, 0.29) is 5.82 Å². The van der Waals surface area contributed by atoms with Gasteiger partial charge >= 0.3 is 16.3 Å². The summed E-state index contributed by atoms with van der Waals surface area (Å²) in [6.07, 6.45) is -0.377. The van der Waals surface area contributed by atoms with Crippen LogP contribution >= 0.6 is 0 Å². The van der Waals surface area contributed by atoms with Crippen LogP contribution < -0.4 is 9.44 Å². The first-order chi connectivity index (χ1) is 7.46. The summed E-state index contributed by atoms with van der Waals surface area (Å²) in [6, 6.07) is 1.52. The molecule has 90 valence electrons. The molecule has 0 aliphatic rings. The quantitative estimate of drug-likeness (QED) is 0.693. The molecule has 0 aromatic carbocycles. The standard InChI is InChI=1S/C7H12N4O4S/c1-3-5-4-6(9-8-5)10-16(13,14)11-7(12)15-2/h4H,3H2,1-2H3,(H,11,12)(H2,8,9,10). The highest BCUT2D eigenvalue weighted by molar-refractivity contribution is 7.91. The molecule has 0 bridgehead atoms. The third kappa shape index (κ3) is 3.42. The van der Waals surface area contributed by atoms with Gasteiger partial charge in [-0.3, -0.25) is 5.10 Å². The van der Waals surface area contributed by atoms with Crippen molar-refractivity contribution in [2.24, 2.45) is 0 Å². The minimum atomic E-state index is -4.00. The number of aryl methyl sites for hydroxylation is 1. The number of anilines is 1. The Bertz CT molecular complexity index is 466. The van der Waals surface area contributed by atoms with Crippen LogP contribution in [0.15, 0.2) is 6.07 Å². The molecule has 3 N–H and O–H groups in total. The summed E-state index contributed by atoms with van der Waals surface area (Å²) in [5.41, 5.74) is 0.774. The molecule has 0 aliphatic heterocycles. The zero-order chi connectivity index (χ0) is 12.2. The molecule has 0 aliphatic carbocycles. The molecule has 1 aromatic heterocycles. The highest BCUT2D eigenvalue weighted by Crippen LogP contribution is 2.06. The van der Waals surface area contributed by atoms with Crippen molar-refractivity contribution in [3.8, 4) is 0 Å². The predicted molar refractivity (Wildman–Crippen MR) is 56.0 cm³/mol. The first-order valence-corrected chi connectivity index (χ1v) is 5.88. The minimum absolute atomic E-state index is 0.105. The van der Waals surface area contributed by atoms with Crippen LogP contribution in [-0.2, 0) is 21.4 Å². The number of nitrogens with zero attached hydrogens (tertiary/aromatic N) is 1. The van der Waals surface area contributed by atoms with Crippen molar-refractivity contribution >= 4 is 22.1 Å². The monoisotopic (exact) mass is 248 g/mol. The lowest BCUT2D eigenvalue weighted by atomic mass is 10.3. The SMILES string of the molecule is CCc1cc(NS(=O)(=O)NC(=O)OC)n[nH]1. The van der Waals surface area contributed by atoms with Gasteiger partial charge < -0.3 is 4.74 Å². The molecule has 0 spiro atoms. The molecule has 1 aromatic rings. The van der Waals surface area contributed by atoms with Crippen molar-refractivity contribution in [1.29, 1.82) is 0 Å². The van der Waals surface area contributed by atoms with E-state index in [4.69, 9.17) is 0 Å². The molecular formula is C7H12N4O4S. The molecule has 0 unspecified atom stereocenters. The van der Waals surface area contributed by atoms with Gasteiger partial charge in [0.2, 0.25) is 0 Å². The maximum atomic E-state index is 11.3. The summed E-state index contributed by atoms with van der Waals surface area (Å²) in [7, 11) is -2.93. The van der Waals surface area contributed by atoms with Gasteiger partial charge in [0.25, 0.3) is 0 Å². The van der Waals surface area contributed by atoms with Gasteiger partial charge in [-0.1, -0.05) is 6.92 Å². The topological polar surface area (TPSA) is 113 Å². The fourth-order valence-electron chi connectivity index (χ4n) is 0.910. The molecular weight excluding hydrogens is 236 g/mol. The zero-order valence-electron chi connectivity index (χ0n) is 8.77. The van der Waals surface area contributed by atoms with E-state index in [9.17, 15) is 13.2 Å². The van der Waals surface area contributed by atoms with Gasteiger partial charge in [0.05, 0.1) is 7.11 Å². The number of ether oxygens (including phenoxy) is 1. The van der Waals surface area contributed by atoms with Gasteiger partial charge in [0.15, 0.2) is 5.82 Å². The fraction of sp³-hybridized carbons (Fsp3) is 0.429. The summed E-state index contributed by atoms with van der Waals surface area (Å²) in [5.74, 6) is 0.105. The van der Waals surface area contributed by atoms with Crippen LogP contribution in [0.3, 0.4) is 0 Å². The molecule has 1 amide bonds. The van der Waals surface area contributed by atoms with E-state index in [0.29, 0.717) is 6.42 Å². The minimum Gasteiger partial charge on any atom is -0.452 e. The van der Waals surface area contributed by atoms with Crippen molar-refractivity contribution in [3.05, 3.63) is 11.8 Å². The van der Waals surface area contributed by atoms with Gasteiger partial charge in [0, 0.05) is 11.8 Å². The van der Waals surface area contributed by atoms with E-state index < -0.39 is 16.3 Å². The third-order valence-corrected chi connectivity index (χ3v) is 2.57. The van der Waals surface area contributed by atoms with Crippen molar-refractivity contribution in [2.75, 3.05) is 11.8 Å². The lowest BCUT2D eigenvalue weighted by molar-refractivity contribution is 0.177. The summed E-state index contributed by atoms with van der Waals surface area (Å²) in [5, 5.41) is 6.32. The summed E-state index contributed by atoms with van der Waals surface area (Å²) in [6.45, 7) is 1.89. The fourth-order valence-corrected chi connectivity index (χ4v) is 1.64. The molecule has 8 nitrogen and oxygen atoms in total. The van der Waals surface area contributed by atoms with E-state index in [1.54, 1.807) is 4.72 Å². The first-order valence-electron chi connectivity index (χ1n) is 4.39. The van der Waals surface area contributed by atoms with Crippen molar-refractivity contribution in [1.82, 2.24) is 14.9 Å². The Kier molecular flexibility index (Phi) is 3.72. The average molecular weight is 248 g/mol. The van der Waals surface area contributed by atoms with E-state index in [2.05, 4.69) is 19.7 Å². The van der Waals surface area contributed by atoms with Crippen LogP contribution in [0.4, 0.5) is 10.6 Å². The van der Waals surface area contributed by atoms with Crippen molar-refractivity contribution in [2.45, 2.75) is 13.3 Å². The number of rotatable bonds is 4. The van der Waals surface area contributed by atoms with Crippen molar-refractivity contribution < 1.29 is 17.9 Å². The number of aromatic amines is 1. The second-order valence-corrected chi connectivity index (χ2v) is 4.25. The molecule has 0 radical (unpaired) electrons. The molecule has 1 heterocycles. The van der Waals surface area contributed by atoms with Gasteiger partial charge in [-0.05, 0) is 6.42 Å². The Balaban J connectivity index is 2.69. The molecule has 0 saturated carbocycles. The Labute approximate surface area is 92.6 Å². The maximum Gasteiger partial charge on any atom is 0.422 e. The lowest BCUT2D eigenvalue weighted by Crippen LogP contribution is -2.35. The third-order valence-electron chi connectivity index (χ3n) is 1.65. The number of H-pyrrole nitrogens is 1. The van der Waals surface area contributed by atoms with Crippen LogP contribution in [-0.4, -0.2) is 31.8 Å². The molecule has 9 heteroatoms. The Morgan fingerprint density at radius 2 is 2.31 bits per heavy atom. The van der Waals surface area contributed by atoms with Crippen LogP contribution in [0.2, 0.25) is 0 Å². The van der Waals surface area contributed by atoms with E-state index >= 15 is 0 Å². The molecule has 0 saturated heterocycles. The van der Waals surface area contributed by atoms with E-state index in [0.717, 1.165) is 12.8 Å². The number of nitrogens with one attached hydrogen (secondary N) is 3. The summed E-state index contributed by atoms with van der Waals surface area (Å²) >= 11 is 0. The second kappa shape index (κ2) is 4.84. The number of carbonyl (C=O) groups excluding carboxylic acids is 1. The summed E-state index contributed by atoms with van der Waals surface area (Å²) < 4.78 is 30.4. The van der Waals surface area contributed by atoms with Crippen LogP contribution in [0, 0.1) is 0 Å². The van der Waals surface area contributed by atoms with Gasteiger partial charge in [0.1, 0.15) is 0 Å². The highest BCUT2D eigenvalue weighted by Gasteiger charge is 2.15. The van der Waals surface area contributed by atoms with E-state index in [1.165, 1.54) is 6.07 Å². The molecule has 16 heavy (non-hydrogen) atoms.